The molecule has 0 spiro atoms. The second-order valence-corrected chi connectivity index (χ2v) is 14.0. The van der Waals surface area contributed by atoms with Gasteiger partial charge in [-0.3, -0.25) is 4.79 Å². The summed E-state index contributed by atoms with van der Waals surface area (Å²) in [6.45, 7) is 2.92. The molecular weight excluding hydrogens is 558 g/mol. The van der Waals surface area contributed by atoms with Gasteiger partial charge < -0.3 is 16.2 Å². The summed E-state index contributed by atoms with van der Waals surface area (Å²) in [5.74, 6) is -0.383. The van der Waals surface area contributed by atoms with Crippen molar-refractivity contribution in [3.8, 4) is 11.1 Å². The molecule has 10 heteroatoms. The first kappa shape index (κ1) is 33.1. The molecule has 0 saturated heterocycles. The Morgan fingerprint density at radius 1 is 1.12 bits per heavy atom. The number of aliphatic carboxylic acids is 1. The summed E-state index contributed by atoms with van der Waals surface area (Å²) in [5.41, 5.74) is 9.23. The second kappa shape index (κ2) is 16.3. The average Bonchev–Trinajstić information content (AvgIpc) is 2.96. The maximum Gasteiger partial charge on any atom is 0.326 e. The maximum atomic E-state index is 13.4. The van der Waals surface area contributed by atoms with Crippen LogP contribution in [0.25, 0.3) is 11.1 Å². The Kier molecular flexibility index (Phi) is 13.2. The molecule has 3 rings (SSSR count). The molecule has 1 unspecified atom stereocenters. The first-order valence-electron chi connectivity index (χ1n) is 14.6. The van der Waals surface area contributed by atoms with Gasteiger partial charge in [-0.25, -0.2) is 13.2 Å². The van der Waals surface area contributed by atoms with E-state index in [1.165, 1.54) is 31.0 Å². The number of carboxylic acids is 1. The molecule has 2 aromatic rings. The molecule has 1 aliphatic carbocycles. The lowest BCUT2D eigenvalue weighted by molar-refractivity contribution is -0.139. The van der Waals surface area contributed by atoms with Gasteiger partial charge in [0.15, 0.2) is 0 Å². The van der Waals surface area contributed by atoms with Crippen LogP contribution in [0.2, 0.25) is 0 Å². The zero-order chi connectivity index (χ0) is 29.8. The molecule has 0 heterocycles. The van der Waals surface area contributed by atoms with Crippen molar-refractivity contribution in [3.05, 3.63) is 59.2 Å². The van der Waals surface area contributed by atoms with Gasteiger partial charge in [-0.15, -0.1) is 0 Å². The summed E-state index contributed by atoms with van der Waals surface area (Å²) < 4.78 is 28.3. The molecule has 41 heavy (non-hydrogen) atoms. The van der Waals surface area contributed by atoms with Crippen molar-refractivity contribution in [3.63, 3.8) is 0 Å². The Balaban J connectivity index is 1.94. The van der Waals surface area contributed by atoms with Crippen LogP contribution < -0.4 is 11.1 Å². The van der Waals surface area contributed by atoms with Gasteiger partial charge in [0.1, 0.15) is 6.04 Å². The number of carboxylic acid groups (broad SMARTS) is 1. The number of carbonyl (C=O) groups is 2. The first-order chi connectivity index (χ1) is 19.7. The third-order valence-electron chi connectivity index (χ3n) is 7.85. The van der Waals surface area contributed by atoms with Gasteiger partial charge in [0.05, 0.1) is 5.75 Å². The number of rotatable bonds is 16. The molecule has 2 aromatic carbocycles. The molecule has 4 N–H and O–H groups in total. The van der Waals surface area contributed by atoms with Gasteiger partial charge >= 0.3 is 5.97 Å². The van der Waals surface area contributed by atoms with Crippen LogP contribution in [0.1, 0.15) is 72.9 Å². The van der Waals surface area contributed by atoms with Gasteiger partial charge in [-0.1, -0.05) is 62.4 Å². The van der Waals surface area contributed by atoms with E-state index in [1.807, 2.05) is 43.5 Å². The SMILES string of the molecule is CSCCC(NC(=O)c1ccc(CN(CCC2CCCCC2)S(=O)(=O)CCCN)cc1-c1ccccc1C)C(=O)O. The summed E-state index contributed by atoms with van der Waals surface area (Å²) >= 11 is 1.52. The summed E-state index contributed by atoms with van der Waals surface area (Å²) in [7, 11) is -3.52. The van der Waals surface area contributed by atoms with Crippen LogP contribution in [0.4, 0.5) is 0 Å². The molecule has 1 fully saturated rings. The average molecular weight is 604 g/mol. The predicted molar refractivity (Wildman–Crippen MR) is 168 cm³/mol. The highest BCUT2D eigenvalue weighted by molar-refractivity contribution is 7.98. The summed E-state index contributed by atoms with van der Waals surface area (Å²) in [4.78, 5) is 25.2. The number of nitrogens with zero attached hydrogens (tertiary/aromatic N) is 1. The molecule has 0 aromatic heterocycles. The fourth-order valence-corrected chi connectivity index (χ4v) is 7.42. The van der Waals surface area contributed by atoms with Gasteiger partial charge in [-0.2, -0.15) is 16.1 Å². The molecule has 1 aliphatic rings. The first-order valence-corrected chi connectivity index (χ1v) is 17.6. The van der Waals surface area contributed by atoms with E-state index in [1.54, 1.807) is 16.4 Å². The van der Waals surface area contributed by atoms with Crippen molar-refractivity contribution in [2.75, 3.05) is 30.9 Å². The number of nitrogens with one attached hydrogen (secondary N) is 1. The summed E-state index contributed by atoms with van der Waals surface area (Å²) in [6.07, 6.45) is 9.39. The van der Waals surface area contributed by atoms with Crippen LogP contribution in [-0.4, -0.2) is 66.6 Å². The van der Waals surface area contributed by atoms with E-state index in [0.29, 0.717) is 48.7 Å². The van der Waals surface area contributed by atoms with Gasteiger partial charge in [0.2, 0.25) is 10.0 Å². The molecule has 1 atom stereocenters. The van der Waals surface area contributed by atoms with Crippen LogP contribution in [0.5, 0.6) is 0 Å². The van der Waals surface area contributed by atoms with E-state index in [0.717, 1.165) is 36.0 Å². The molecule has 1 saturated carbocycles. The fraction of sp³-hybridized carbons (Fsp3) is 0.548. The zero-order valence-corrected chi connectivity index (χ0v) is 25.9. The van der Waals surface area contributed by atoms with Crippen molar-refractivity contribution >= 4 is 33.7 Å². The predicted octanol–water partition coefficient (Wildman–Crippen LogP) is 5.05. The fourth-order valence-electron chi connectivity index (χ4n) is 5.43. The highest BCUT2D eigenvalue weighted by Crippen LogP contribution is 2.30. The molecular formula is C31H45N3O5S2. The highest BCUT2D eigenvalue weighted by atomic mass is 32.2. The van der Waals surface area contributed by atoms with E-state index in [-0.39, 0.29) is 12.3 Å². The van der Waals surface area contributed by atoms with Gasteiger partial charge in [-0.05, 0) is 85.0 Å². The highest BCUT2D eigenvalue weighted by Gasteiger charge is 2.26. The van der Waals surface area contributed by atoms with Crippen LogP contribution in [0.15, 0.2) is 42.5 Å². The number of thioether (sulfide) groups is 1. The summed E-state index contributed by atoms with van der Waals surface area (Å²) in [6, 6.07) is 12.0. The van der Waals surface area contributed by atoms with Crippen molar-refractivity contribution in [2.24, 2.45) is 11.7 Å². The van der Waals surface area contributed by atoms with Crippen molar-refractivity contribution < 1.29 is 23.1 Å². The van der Waals surface area contributed by atoms with E-state index >= 15 is 0 Å². The van der Waals surface area contributed by atoms with Crippen molar-refractivity contribution in [2.45, 2.75) is 70.9 Å². The van der Waals surface area contributed by atoms with Gasteiger partial charge in [0, 0.05) is 18.7 Å². The van der Waals surface area contributed by atoms with Crippen molar-refractivity contribution in [1.82, 2.24) is 9.62 Å². The quantitative estimate of drug-likeness (QED) is 0.245. The largest absolute Gasteiger partial charge is 0.480 e. The number of hydrogen-bond donors (Lipinski definition) is 3. The number of nitrogens with two attached hydrogens (primary N) is 1. The molecule has 226 valence electrons. The van der Waals surface area contributed by atoms with Crippen LogP contribution in [0.3, 0.4) is 0 Å². The molecule has 0 aliphatic heterocycles. The Morgan fingerprint density at radius 2 is 1.85 bits per heavy atom. The minimum absolute atomic E-state index is 0.00588. The number of sulfonamides is 1. The van der Waals surface area contributed by atoms with E-state index in [9.17, 15) is 23.1 Å². The topological polar surface area (TPSA) is 130 Å². The second-order valence-electron chi connectivity index (χ2n) is 10.9. The van der Waals surface area contributed by atoms with Crippen molar-refractivity contribution in [1.29, 1.82) is 0 Å². The molecule has 0 bridgehead atoms. The molecule has 8 nitrogen and oxygen atoms in total. The minimum atomic E-state index is -3.52. The number of hydrogen-bond acceptors (Lipinski definition) is 6. The van der Waals surface area contributed by atoms with E-state index < -0.39 is 27.9 Å². The number of carbonyl (C=O) groups excluding carboxylic acids is 1. The third kappa shape index (κ3) is 9.84. The van der Waals surface area contributed by atoms with Crippen LogP contribution >= 0.6 is 11.8 Å². The number of aryl methyl sites for hydroxylation is 1. The maximum absolute atomic E-state index is 13.4. The summed E-state index contributed by atoms with van der Waals surface area (Å²) in [5, 5.41) is 12.3. The van der Waals surface area contributed by atoms with Crippen LogP contribution in [0, 0.1) is 12.8 Å². The normalized spacial score (nSPS) is 15.1. The van der Waals surface area contributed by atoms with E-state index in [2.05, 4.69) is 5.32 Å². The lowest BCUT2D eigenvalue weighted by atomic mass is 9.87. The Labute approximate surface area is 249 Å². The minimum Gasteiger partial charge on any atom is -0.480 e. The monoisotopic (exact) mass is 603 g/mol. The lowest BCUT2D eigenvalue weighted by Crippen LogP contribution is -2.41. The number of amides is 1. The zero-order valence-electron chi connectivity index (χ0n) is 24.3. The Hall–Kier alpha value is -2.40. The third-order valence-corrected chi connectivity index (χ3v) is 10.4. The van der Waals surface area contributed by atoms with E-state index in [4.69, 9.17) is 5.73 Å². The lowest BCUT2D eigenvalue weighted by Gasteiger charge is -2.27. The smallest absolute Gasteiger partial charge is 0.326 e. The molecule has 0 radical (unpaired) electrons. The number of benzene rings is 2. The Bertz CT molecular complexity index is 1260. The standard InChI is InChI=1S/C31H45N3O5S2/c1-23-9-6-7-12-26(23)28-21-25(13-14-27(28)30(35)33-29(31(36)37)16-19-40-2)22-34(41(38,39)20-8-17-32)18-15-24-10-4-3-5-11-24/h6-7,9,12-14,21,24,29H,3-5,8,10-11,15-20,22,32H2,1-2H3,(H,33,35)(H,36,37). The molecule has 1 amide bonds. The Morgan fingerprint density at radius 3 is 2.51 bits per heavy atom. The van der Waals surface area contributed by atoms with Gasteiger partial charge in [0.25, 0.3) is 5.91 Å². The van der Waals surface area contributed by atoms with Crippen LogP contribution in [-0.2, 0) is 21.4 Å².